The van der Waals surface area contributed by atoms with E-state index in [1.54, 1.807) is 0 Å². The zero-order chi connectivity index (χ0) is 20.9. The summed E-state index contributed by atoms with van der Waals surface area (Å²) in [4.78, 5) is 9.35. The monoisotopic (exact) mass is 417 g/mol. The van der Waals surface area contributed by atoms with Crippen LogP contribution >= 0.6 is 0 Å². The number of para-hydroxylation sites is 1. The van der Waals surface area contributed by atoms with E-state index in [1.807, 2.05) is 7.05 Å². The highest BCUT2D eigenvalue weighted by molar-refractivity contribution is 5.79. The van der Waals surface area contributed by atoms with Crippen LogP contribution in [-0.2, 0) is 9.47 Å². The van der Waals surface area contributed by atoms with Crippen LogP contribution in [0.4, 0.5) is 5.69 Å². The molecule has 0 aliphatic carbocycles. The highest BCUT2D eigenvalue weighted by Gasteiger charge is 2.16. The van der Waals surface area contributed by atoms with E-state index in [0.717, 1.165) is 90.9 Å². The summed E-state index contributed by atoms with van der Waals surface area (Å²) < 4.78 is 11.3. The van der Waals surface area contributed by atoms with Gasteiger partial charge in [0.05, 0.1) is 12.7 Å². The van der Waals surface area contributed by atoms with Crippen molar-refractivity contribution in [3.8, 4) is 0 Å². The zero-order valence-electron chi connectivity index (χ0n) is 18.5. The second-order valence-corrected chi connectivity index (χ2v) is 8.01. The summed E-state index contributed by atoms with van der Waals surface area (Å²) in [5, 5.41) is 6.79. The number of piperazine rings is 1. The lowest BCUT2D eigenvalue weighted by Crippen LogP contribution is -2.47. The van der Waals surface area contributed by atoms with Crippen LogP contribution in [-0.4, -0.2) is 89.6 Å². The maximum atomic E-state index is 5.70. The number of aliphatic imine (C=N–C) groups is 1. The van der Waals surface area contributed by atoms with Gasteiger partial charge in [-0.1, -0.05) is 18.2 Å². The maximum absolute atomic E-state index is 5.70. The van der Waals surface area contributed by atoms with E-state index in [9.17, 15) is 0 Å². The lowest BCUT2D eigenvalue weighted by molar-refractivity contribution is 0.0168. The number of nitrogens with zero attached hydrogens (tertiary/aromatic N) is 3. The van der Waals surface area contributed by atoms with Crippen molar-refractivity contribution in [2.45, 2.75) is 31.8 Å². The average molecular weight is 418 g/mol. The Morgan fingerprint density at radius 2 is 1.87 bits per heavy atom. The van der Waals surface area contributed by atoms with E-state index in [0.29, 0.717) is 6.10 Å². The molecule has 2 heterocycles. The first-order valence-electron chi connectivity index (χ1n) is 11.5. The molecule has 2 saturated heterocycles. The minimum Gasteiger partial charge on any atom is -0.379 e. The van der Waals surface area contributed by atoms with Crippen LogP contribution in [0.15, 0.2) is 35.3 Å². The standard InChI is InChI=1S/C23H39N5O2/c1-24-23(26-12-7-18-29-20-22-10-5-19-30-22)25-11-6-13-27-14-16-28(17-15-27)21-8-3-2-4-9-21/h2-4,8-9,22H,5-7,10-20H2,1H3,(H2,24,25,26). The van der Waals surface area contributed by atoms with Crippen LogP contribution in [0.2, 0.25) is 0 Å². The van der Waals surface area contributed by atoms with Gasteiger partial charge in [0, 0.05) is 65.2 Å². The van der Waals surface area contributed by atoms with E-state index in [2.05, 4.69) is 55.8 Å². The number of benzene rings is 1. The van der Waals surface area contributed by atoms with Crippen LogP contribution in [0, 0.1) is 0 Å². The van der Waals surface area contributed by atoms with E-state index in [-0.39, 0.29) is 0 Å². The summed E-state index contributed by atoms with van der Waals surface area (Å²) in [5.74, 6) is 0.878. The number of hydrogen-bond acceptors (Lipinski definition) is 5. The first-order valence-corrected chi connectivity index (χ1v) is 11.5. The second-order valence-electron chi connectivity index (χ2n) is 8.01. The molecule has 0 spiro atoms. The van der Waals surface area contributed by atoms with Gasteiger partial charge < -0.3 is 25.0 Å². The van der Waals surface area contributed by atoms with Gasteiger partial charge in [-0.05, 0) is 44.4 Å². The van der Waals surface area contributed by atoms with Gasteiger partial charge in [0.1, 0.15) is 0 Å². The van der Waals surface area contributed by atoms with Gasteiger partial charge in [-0.25, -0.2) is 0 Å². The normalized spacial score (nSPS) is 20.5. The van der Waals surface area contributed by atoms with Gasteiger partial charge in [0.2, 0.25) is 0 Å². The van der Waals surface area contributed by atoms with Crippen molar-refractivity contribution < 1.29 is 9.47 Å². The van der Waals surface area contributed by atoms with Crippen molar-refractivity contribution >= 4 is 11.6 Å². The molecule has 2 fully saturated rings. The number of nitrogens with one attached hydrogen (secondary N) is 2. The molecule has 168 valence electrons. The molecule has 2 aliphatic heterocycles. The quantitative estimate of drug-likeness (QED) is 0.326. The Bertz CT molecular complexity index is 599. The molecule has 1 aromatic rings. The molecule has 2 N–H and O–H groups in total. The molecule has 0 bridgehead atoms. The Kier molecular flexibility index (Phi) is 10.3. The number of guanidine groups is 1. The Labute approximate surface area is 181 Å². The van der Waals surface area contributed by atoms with Gasteiger partial charge in [-0.15, -0.1) is 0 Å². The average Bonchev–Trinajstić information content (AvgIpc) is 3.32. The largest absolute Gasteiger partial charge is 0.379 e. The molecule has 0 radical (unpaired) electrons. The lowest BCUT2D eigenvalue weighted by atomic mass is 10.2. The third-order valence-corrected chi connectivity index (χ3v) is 5.75. The molecule has 1 unspecified atom stereocenters. The summed E-state index contributed by atoms with van der Waals surface area (Å²) in [6.07, 6.45) is 4.71. The first kappa shape index (κ1) is 22.8. The van der Waals surface area contributed by atoms with Crippen LogP contribution in [0.3, 0.4) is 0 Å². The SMILES string of the molecule is CN=C(NCCCOCC1CCCO1)NCCCN1CCN(c2ccccc2)CC1. The highest BCUT2D eigenvalue weighted by atomic mass is 16.5. The molecule has 0 amide bonds. The fourth-order valence-electron chi connectivity index (χ4n) is 3.97. The summed E-state index contributed by atoms with van der Waals surface area (Å²) in [6, 6.07) is 10.7. The van der Waals surface area contributed by atoms with Crippen LogP contribution in [0.1, 0.15) is 25.7 Å². The van der Waals surface area contributed by atoms with Crippen molar-refractivity contribution in [2.75, 3.05) is 77.6 Å². The minimum absolute atomic E-state index is 0.314. The van der Waals surface area contributed by atoms with Crippen LogP contribution in [0.5, 0.6) is 0 Å². The smallest absolute Gasteiger partial charge is 0.190 e. The molecule has 2 aliphatic rings. The molecule has 7 nitrogen and oxygen atoms in total. The molecule has 30 heavy (non-hydrogen) atoms. The van der Waals surface area contributed by atoms with Crippen LogP contribution in [0.25, 0.3) is 0 Å². The van der Waals surface area contributed by atoms with Gasteiger partial charge in [0.15, 0.2) is 5.96 Å². The third kappa shape index (κ3) is 8.13. The fraction of sp³-hybridized carbons (Fsp3) is 0.696. The molecular formula is C23H39N5O2. The number of rotatable bonds is 11. The summed E-state index contributed by atoms with van der Waals surface area (Å²) >= 11 is 0. The molecule has 3 rings (SSSR count). The predicted octanol–water partition coefficient (Wildman–Crippen LogP) is 1.95. The summed E-state index contributed by atoms with van der Waals surface area (Å²) in [5.41, 5.74) is 1.34. The highest BCUT2D eigenvalue weighted by Crippen LogP contribution is 2.15. The predicted molar refractivity (Wildman–Crippen MR) is 123 cm³/mol. The summed E-state index contributed by atoms with van der Waals surface area (Å²) in [7, 11) is 1.83. The van der Waals surface area contributed by atoms with E-state index in [1.165, 1.54) is 12.1 Å². The first-order chi connectivity index (χ1) is 14.8. The molecule has 7 heteroatoms. The number of hydrogen-bond donors (Lipinski definition) is 2. The fourth-order valence-corrected chi connectivity index (χ4v) is 3.97. The van der Waals surface area contributed by atoms with Gasteiger partial charge in [-0.2, -0.15) is 0 Å². The van der Waals surface area contributed by atoms with Crippen molar-refractivity contribution in [3.63, 3.8) is 0 Å². The molecule has 1 atom stereocenters. The van der Waals surface area contributed by atoms with Crippen molar-refractivity contribution in [2.24, 2.45) is 4.99 Å². The van der Waals surface area contributed by atoms with Gasteiger partial charge in [0.25, 0.3) is 0 Å². The lowest BCUT2D eigenvalue weighted by Gasteiger charge is -2.36. The van der Waals surface area contributed by atoms with E-state index >= 15 is 0 Å². The van der Waals surface area contributed by atoms with Crippen molar-refractivity contribution in [1.29, 1.82) is 0 Å². The zero-order valence-corrected chi connectivity index (χ0v) is 18.5. The second kappa shape index (κ2) is 13.5. The van der Waals surface area contributed by atoms with E-state index < -0.39 is 0 Å². The minimum atomic E-state index is 0.314. The van der Waals surface area contributed by atoms with Gasteiger partial charge in [-0.3, -0.25) is 9.89 Å². The maximum Gasteiger partial charge on any atom is 0.190 e. The Morgan fingerprint density at radius 3 is 2.57 bits per heavy atom. The molecule has 0 saturated carbocycles. The summed E-state index contributed by atoms with van der Waals surface area (Å²) in [6.45, 7) is 9.80. The van der Waals surface area contributed by atoms with Crippen molar-refractivity contribution in [3.05, 3.63) is 30.3 Å². The molecule has 0 aromatic heterocycles. The van der Waals surface area contributed by atoms with Gasteiger partial charge >= 0.3 is 0 Å². The van der Waals surface area contributed by atoms with Crippen LogP contribution < -0.4 is 15.5 Å². The Morgan fingerprint density at radius 1 is 1.10 bits per heavy atom. The number of ether oxygens (including phenoxy) is 2. The van der Waals surface area contributed by atoms with Crippen molar-refractivity contribution in [1.82, 2.24) is 15.5 Å². The Hall–Kier alpha value is -1.83. The molecule has 1 aromatic carbocycles. The topological polar surface area (TPSA) is 61.4 Å². The van der Waals surface area contributed by atoms with E-state index in [4.69, 9.17) is 9.47 Å². The molecular weight excluding hydrogens is 378 g/mol. The number of anilines is 1. The Balaban J connectivity index is 1.17. The third-order valence-electron chi connectivity index (χ3n) is 5.75.